The molecule has 2 unspecified atom stereocenters. The van der Waals surface area contributed by atoms with Gasteiger partial charge in [0.2, 0.25) is 0 Å². The molecule has 21 heavy (non-hydrogen) atoms. The van der Waals surface area contributed by atoms with E-state index in [0.717, 1.165) is 24.6 Å². The van der Waals surface area contributed by atoms with Crippen molar-refractivity contribution in [2.75, 3.05) is 19.8 Å². The number of hydrogen-bond acceptors (Lipinski definition) is 4. The van der Waals surface area contributed by atoms with Gasteiger partial charge in [-0.1, -0.05) is 24.7 Å². The Morgan fingerprint density at radius 2 is 2.24 bits per heavy atom. The Morgan fingerprint density at radius 1 is 1.33 bits per heavy atom. The summed E-state index contributed by atoms with van der Waals surface area (Å²) in [6, 6.07) is 4.91. The predicted octanol–water partition coefficient (Wildman–Crippen LogP) is 2.63. The summed E-state index contributed by atoms with van der Waals surface area (Å²) in [5.41, 5.74) is 0. The lowest BCUT2D eigenvalue weighted by Gasteiger charge is -2.43. The molecular weight excluding hydrogens is 282 g/mol. The van der Waals surface area contributed by atoms with Gasteiger partial charge in [-0.25, -0.2) is 0 Å². The van der Waals surface area contributed by atoms with E-state index in [2.05, 4.69) is 28.9 Å². The number of ether oxygens (including phenoxy) is 1. The number of aliphatic hydroxyl groups excluding tert-OH is 1. The van der Waals surface area contributed by atoms with Crippen molar-refractivity contribution >= 4 is 11.3 Å². The third kappa shape index (κ3) is 3.87. The second-order valence-corrected chi connectivity index (χ2v) is 6.94. The standard InChI is InChI=1S/C17H23NO2S/c19-11-4-3-5-14-8-9-15(21-14)13-18-10-12-20-17-7-2-1-6-16(17)18/h8-9,16-17,19H,1-2,4,6-7,10-13H2. The van der Waals surface area contributed by atoms with Crippen molar-refractivity contribution in [3.8, 4) is 11.8 Å². The molecular formula is C17H23NO2S. The summed E-state index contributed by atoms with van der Waals surface area (Å²) in [6.07, 6.45) is 6.17. The van der Waals surface area contributed by atoms with Crippen molar-refractivity contribution in [1.82, 2.24) is 4.90 Å². The fourth-order valence-corrected chi connectivity index (χ4v) is 4.22. The summed E-state index contributed by atoms with van der Waals surface area (Å²) in [5, 5.41) is 8.76. The molecule has 3 nitrogen and oxygen atoms in total. The van der Waals surface area contributed by atoms with Crippen LogP contribution in [0.2, 0.25) is 0 Å². The largest absolute Gasteiger partial charge is 0.395 e. The van der Waals surface area contributed by atoms with Crippen LogP contribution in [0.1, 0.15) is 41.9 Å². The summed E-state index contributed by atoms with van der Waals surface area (Å²) in [6.45, 7) is 3.08. The molecule has 0 spiro atoms. The van der Waals surface area contributed by atoms with E-state index in [1.165, 1.54) is 30.6 Å². The van der Waals surface area contributed by atoms with Crippen molar-refractivity contribution < 1.29 is 9.84 Å². The highest BCUT2D eigenvalue weighted by Crippen LogP contribution is 2.30. The summed E-state index contributed by atoms with van der Waals surface area (Å²) >= 11 is 1.78. The van der Waals surface area contributed by atoms with Gasteiger partial charge in [0.15, 0.2) is 0 Å². The lowest BCUT2D eigenvalue weighted by Crippen LogP contribution is -2.51. The molecule has 0 radical (unpaired) electrons. The molecule has 0 bridgehead atoms. The van der Waals surface area contributed by atoms with Crippen LogP contribution in [-0.4, -0.2) is 41.9 Å². The molecule has 0 amide bonds. The molecule has 2 atom stereocenters. The number of thiophene rings is 1. The molecule has 1 aromatic rings. The lowest BCUT2D eigenvalue weighted by atomic mass is 9.90. The summed E-state index contributed by atoms with van der Waals surface area (Å²) in [4.78, 5) is 5.09. The predicted molar refractivity (Wildman–Crippen MR) is 85.3 cm³/mol. The second-order valence-electron chi connectivity index (χ2n) is 5.77. The van der Waals surface area contributed by atoms with Crippen molar-refractivity contribution in [1.29, 1.82) is 0 Å². The molecule has 2 aliphatic rings. The first-order chi connectivity index (χ1) is 10.4. The zero-order valence-electron chi connectivity index (χ0n) is 12.4. The van der Waals surface area contributed by atoms with E-state index in [1.54, 1.807) is 11.3 Å². The quantitative estimate of drug-likeness (QED) is 0.872. The minimum atomic E-state index is 0.141. The van der Waals surface area contributed by atoms with E-state index in [9.17, 15) is 0 Å². The monoisotopic (exact) mass is 305 g/mol. The lowest BCUT2D eigenvalue weighted by molar-refractivity contribution is -0.0908. The third-order valence-corrected chi connectivity index (χ3v) is 5.30. The SMILES string of the molecule is OCCC#Cc1ccc(CN2CCOC3CCCCC32)s1. The fourth-order valence-electron chi connectivity index (χ4n) is 3.31. The highest BCUT2D eigenvalue weighted by atomic mass is 32.1. The molecule has 1 aromatic heterocycles. The average Bonchev–Trinajstić information content (AvgIpc) is 2.96. The molecule has 1 aliphatic carbocycles. The Balaban J connectivity index is 1.62. The van der Waals surface area contributed by atoms with Gasteiger partial charge in [0, 0.05) is 30.4 Å². The van der Waals surface area contributed by atoms with Crippen LogP contribution in [0.3, 0.4) is 0 Å². The smallest absolute Gasteiger partial charge is 0.0771 e. The van der Waals surface area contributed by atoms with Gasteiger partial charge in [0.05, 0.1) is 24.2 Å². The Morgan fingerprint density at radius 3 is 3.14 bits per heavy atom. The van der Waals surface area contributed by atoms with Crippen molar-refractivity contribution in [3.63, 3.8) is 0 Å². The third-order valence-electron chi connectivity index (χ3n) is 4.32. The molecule has 1 saturated heterocycles. The highest BCUT2D eigenvalue weighted by molar-refractivity contribution is 7.12. The number of morpholine rings is 1. The zero-order chi connectivity index (χ0) is 14.5. The molecule has 114 valence electrons. The topological polar surface area (TPSA) is 32.7 Å². The molecule has 1 saturated carbocycles. The number of rotatable bonds is 3. The van der Waals surface area contributed by atoms with Gasteiger partial charge in [-0.05, 0) is 25.0 Å². The maximum atomic E-state index is 8.76. The Labute approximate surface area is 130 Å². The zero-order valence-corrected chi connectivity index (χ0v) is 13.2. The van der Waals surface area contributed by atoms with Crippen LogP contribution in [0, 0.1) is 11.8 Å². The average molecular weight is 305 g/mol. The van der Waals surface area contributed by atoms with Crippen LogP contribution < -0.4 is 0 Å². The van der Waals surface area contributed by atoms with E-state index in [0.29, 0.717) is 18.6 Å². The van der Waals surface area contributed by atoms with Crippen molar-refractivity contribution in [3.05, 3.63) is 21.9 Å². The summed E-state index contributed by atoms with van der Waals surface area (Å²) in [5.74, 6) is 6.12. The molecule has 2 heterocycles. The van der Waals surface area contributed by atoms with E-state index in [1.807, 2.05) is 0 Å². The van der Waals surface area contributed by atoms with Crippen LogP contribution in [0.5, 0.6) is 0 Å². The van der Waals surface area contributed by atoms with Gasteiger partial charge < -0.3 is 9.84 Å². The highest BCUT2D eigenvalue weighted by Gasteiger charge is 2.34. The number of aliphatic hydroxyl groups is 1. The Hall–Kier alpha value is -0.860. The summed E-state index contributed by atoms with van der Waals surface area (Å²) < 4.78 is 5.94. The molecule has 1 aliphatic heterocycles. The molecule has 4 heteroatoms. The maximum Gasteiger partial charge on any atom is 0.0771 e. The number of fused-ring (bicyclic) bond motifs is 1. The first-order valence-electron chi connectivity index (χ1n) is 7.91. The fraction of sp³-hybridized carbons (Fsp3) is 0.647. The Bertz CT molecular complexity index is 514. The van der Waals surface area contributed by atoms with Crippen LogP contribution >= 0.6 is 11.3 Å². The number of nitrogens with zero attached hydrogens (tertiary/aromatic N) is 1. The van der Waals surface area contributed by atoms with Gasteiger partial charge in [-0.3, -0.25) is 4.90 Å². The van der Waals surface area contributed by atoms with E-state index >= 15 is 0 Å². The summed E-state index contributed by atoms with van der Waals surface area (Å²) in [7, 11) is 0. The van der Waals surface area contributed by atoms with Crippen LogP contribution in [0.15, 0.2) is 12.1 Å². The van der Waals surface area contributed by atoms with Crippen molar-refractivity contribution in [2.45, 2.75) is 50.8 Å². The Kier molecular flexibility index (Phi) is 5.32. The first kappa shape index (κ1) is 15.1. The van der Waals surface area contributed by atoms with Crippen LogP contribution in [0.4, 0.5) is 0 Å². The van der Waals surface area contributed by atoms with Gasteiger partial charge in [-0.15, -0.1) is 11.3 Å². The minimum Gasteiger partial charge on any atom is -0.395 e. The minimum absolute atomic E-state index is 0.141. The van der Waals surface area contributed by atoms with Gasteiger partial charge in [0.1, 0.15) is 0 Å². The van der Waals surface area contributed by atoms with Gasteiger partial charge >= 0.3 is 0 Å². The number of hydrogen-bond donors (Lipinski definition) is 1. The van der Waals surface area contributed by atoms with Crippen LogP contribution in [-0.2, 0) is 11.3 Å². The molecule has 2 fully saturated rings. The van der Waals surface area contributed by atoms with Crippen molar-refractivity contribution in [2.24, 2.45) is 0 Å². The first-order valence-corrected chi connectivity index (χ1v) is 8.72. The van der Waals surface area contributed by atoms with E-state index < -0.39 is 0 Å². The second kappa shape index (κ2) is 7.42. The van der Waals surface area contributed by atoms with Gasteiger partial charge in [-0.2, -0.15) is 0 Å². The maximum absolute atomic E-state index is 8.76. The van der Waals surface area contributed by atoms with Crippen LogP contribution in [0.25, 0.3) is 0 Å². The van der Waals surface area contributed by atoms with E-state index in [-0.39, 0.29) is 6.61 Å². The van der Waals surface area contributed by atoms with E-state index in [4.69, 9.17) is 9.84 Å². The van der Waals surface area contributed by atoms with Gasteiger partial charge in [0.25, 0.3) is 0 Å². The molecule has 3 rings (SSSR count). The molecule has 0 aromatic carbocycles. The normalized spacial score (nSPS) is 26.0. The molecule has 1 N–H and O–H groups in total.